The van der Waals surface area contributed by atoms with Gasteiger partial charge >= 0.3 is 0 Å². The molecule has 1 aliphatic heterocycles. The van der Waals surface area contributed by atoms with Crippen LogP contribution >= 0.6 is 0 Å². The van der Waals surface area contributed by atoms with Crippen LogP contribution in [0.3, 0.4) is 0 Å². The van der Waals surface area contributed by atoms with Crippen LogP contribution in [0, 0.1) is 0 Å². The predicted molar refractivity (Wildman–Crippen MR) is 220 cm³/mol. The van der Waals surface area contributed by atoms with Gasteiger partial charge < -0.3 is 9.73 Å². The van der Waals surface area contributed by atoms with E-state index in [1.807, 2.05) is 24.3 Å². The van der Waals surface area contributed by atoms with E-state index in [1.165, 1.54) is 11.1 Å². The summed E-state index contributed by atoms with van der Waals surface area (Å²) in [4.78, 5) is 10.1. The summed E-state index contributed by atoms with van der Waals surface area (Å²) in [6.45, 7) is 0. The Morgan fingerprint density at radius 3 is 2.11 bits per heavy atom. The lowest BCUT2D eigenvalue weighted by Crippen LogP contribution is -2.34. The van der Waals surface area contributed by atoms with Gasteiger partial charge in [-0.25, -0.2) is 9.98 Å². The third-order valence-corrected chi connectivity index (χ3v) is 10.3. The Bertz CT molecular complexity index is 2810. The zero-order chi connectivity index (χ0) is 35.1. The number of fused-ring (bicyclic) bond motifs is 5. The topological polar surface area (TPSA) is 49.9 Å². The number of amidine groups is 2. The van der Waals surface area contributed by atoms with E-state index in [4.69, 9.17) is 14.4 Å². The standard InChI is InChI=1S/C49H35N3O/c1-4-15-32(16-5-1)40-27-14-24-38-31-42(45-41-26-10-11-28-43(41)53-46(45)44(38)40)37-23-12-21-35(29-37)36-22-13-25-39(30-36)49-51-47(33-17-6-2-7-18-33)50-48(52-49)34-19-8-3-9-20-34/h1-2,4-8,10-31,49H,3,9H2,(H,50,51,52). The maximum absolute atomic E-state index is 6.74. The van der Waals surface area contributed by atoms with Crippen molar-refractivity contribution in [2.24, 2.45) is 9.98 Å². The van der Waals surface area contributed by atoms with Gasteiger partial charge in [-0.1, -0.05) is 152 Å². The third-order valence-electron chi connectivity index (χ3n) is 10.3. The van der Waals surface area contributed by atoms with E-state index in [0.717, 1.165) is 96.2 Å². The molecule has 0 saturated carbocycles. The zero-order valence-electron chi connectivity index (χ0n) is 29.0. The van der Waals surface area contributed by atoms with Crippen LogP contribution in [0.4, 0.5) is 0 Å². The van der Waals surface area contributed by atoms with Gasteiger partial charge in [-0.3, -0.25) is 0 Å². The fraction of sp³-hybridized carbons (Fsp3) is 0.0612. The number of hydrogen-bond acceptors (Lipinski definition) is 4. The van der Waals surface area contributed by atoms with Crippen molar-refractivity contribution < 1.29 is 4.42 Å². The van der Waals surface area contributed by atoms with Gasteiger partial charge in [0.1, 0.15) is 23.2 Å². The summed E-state index contributed by atoms with van der Waals surface area (Å²) in [6.07, 6.45) is 8.41. The molecule has 7 aromatic carbocycles. The van der Waals surface area contributed by atoms with Gasteiger partial charge in [-0.05, 0) is 81.4 Å². The van der Waals surface area contributed by atoms with E-state index in [9.17, 15) is 0 Å². The second kappa shape index (κ2) is 13.1. The molecule has 1 aliphatic carbocycles. The molecule has 8 aromatic rings. The summed E-state index contributed by atoms with van der Waals surface area (Å²) in [5.41, 5.74) is 11.9. The van der Waals surface area contributed by atoms with Crippen molar-refractivity contribution >= 4 is 44.4 Å². The van der Waals surface area contributed by atoms with E-state index < -0.39 is 0 Å². The highest BCUT2D eigenvalue weighted by Gasteiger charge is 2.23. The average Bonchev–Trinajstić information content (AvgIpc) is 3.64. The van der Waals surface area contributed by atoms with Gasteiger partial charge in [0.15, 0.2) is 5.84 Å². The van der Waals surface area contributed by atoms with Crippen molar-refractivity contribution in [3.05, 3.63) is 193 Å². The molecule has 0 spiro atoms. The summed E-state index contributed by atoms with van der Waals surface area (Å²) < 4.78 is 6.74. The summed E-state index contributed by atoms with van der Waals surface area (Å²) in [7, 11) is 0. The molecule has 0 radical (unpaired) electrons. The summed E-state index contributed by atoms with van der Waals surface area (Å²) in [6, 6.07) is 55.7. The number of benzene rings is 7. The Morgan fingerprint density at radius 2 is 1.28 bits per heavy atom. The Labute approximate surface area is 308 Å². The van der Waals surface area contributed by atoms with E-state index >= 15 is 0 Å². The summed E-state index contributed by atoms with van der Waals surface area (Å²) in [5, 5.41) is 8.19. The SMILES string of the molecule is C1=CC(C2=NC(c3ccccc3)=NC(c3cccc(-c4cccc(-c5cc6cccc(-c7ccccc7)c6c6oc7ccccc7c56)c4)c3)N2)=CCC1. The molecule has 1 unspecified atom stereocenters. The van der Waals surface area contributed by atoms with E-state index in [1.54, 1.807) is 0 Å². The summed E-state index contributed by atoms with van der Waals surface area (Å²) in [5.74, 6) is 1.59. The molecular weight excluding hydrogens is 647 g/mol. The molecule has 2 heterocycles. The first-order valence-electron chi connectivity index (χ1n) is 18.3. The lowest BCUT2D eigenvalue weighted by atomic mass is 9.90. The number of nitrogens with zero attached hydrogens (tertiary/aromatic N) is 2. The maximum Gasteiger partial charge on any atom is 0.159 e. The van der Waals surface area contributed by atoms with Crippen LogP contribution in [0.25, 0.3) is 66.1 Å². The molecule has 2 aliphatic rings. The van der Waals surface area contributed by atoms with Crippen LogP contribution in [0.5, 0.6) is 0 Å². The minimum atomic E-state index is -0.284. The second-order valence-electron chi connectivity index (χ2n) is 13.7. The molecule has 0 amide bonds. The lowest BCUT2D eigenvalue weighted by Gasteiger charge is -2.25. The fourth-order valence-electron chi connectivity index (χ4n) is 7.77. The predicted octanol–water partition coefficient (Wildman–Crippen LogP) is 12.5. The van der Waals surface area contributed by atoms with Crippen molar-refractivity contribution in [3.63, 3.8) is 0 Å². The molecule has 252 valence electrons. The largest absolute Gasteiger partial charge is 0.455 e. The monoisotopic (exact) mass is 681 g/mol. The molecule has 4 heteroatoms. The number of allylic oxidation sites excluding steroid dienone is 2. The van der Waals surface area contributed by atoms with Crippen LogP contribution in [0.1, 0.15) is 30.1 Å². The van der Waals surface area contributed by atoms with Crippen LogP contribution in [0.15, 0.2) is 196 Å². The Hall–Kier alpha value is -6.78. The molecule has 1 atom stereocenters. The number of nitrogens with one attached hydrogen (secondary N) is 1. The fourth-order valence-corrected chi connectivity index (χ4v) is 7.77. The molecule has 0 saturated heterocycles. The van der Waals surface area contributed by atoms with Crippen molar-refractivity contribution in [1.29, 1.82) is 0 Å². The Morgan fingerprint density at radius 1 is 0.566 bits per heavy atom. The molecule has 4 nitrogen and oxygen atoms in total. The highest BCUT2D eigenvalue weighted by Crippen LogP contribution is 2.44. The number of hydrogen-bond donors (Lipinski definition) is 1. The minimum absolute atomic E-state index is 0.284. The van der Waals surface area contributed by atoms with Gasteiger partial charge in [0.05, 0.1) is 0 Å². The smallest absolute Gasteiger partial charge is 0.159 e. The van der Waals surface area contributed by atoms with Crippen molar-refractivity contribution in [2.45, 2.75) is 19.0 Å². The van der Waals surface area contributed by atoms with Crippen LogP contribution in [0.2, 0.25) is 0 Å². The van der Waals surface area contributed by atoms with E-state index in [2.05, 4.69) is 157 Å². The zero-order valence-corrected chi connectivity index (χ0v) is 29.0. The average molecular weight is 682 g/mol. The van der Waals surface area contributed by atoms with Crippen molar-refractivity contribution in [3.8, 4) is 33.4 Å². The first kappa shape index (κ1) is 31.0. The quantitative estimate of drug-likeness (QED) is 0.190. The highest BCUT2D eigenvalue weighted by molar-refractivity contribution is 6.24. The van der Waals surface area contributed by atoms with Crippen LogP contribution < -0.4 is 5.32 Å². The molecule has 1 N–H and O–H groups in total. The first-order valence-corrected chi connectivity index (χ1v) is 18.3. The van der Waals surface area contributed by atoms with Gasteiger partial charge in [0.25, 0.3) is 0 Å². The van der Waals surface area contributed by atoms with E-state index in [0.29, 0.717) is 0 Å². The minimum Gasteiger partial charge on any atom is -0.455 e. The number of furan rings is 1. The van der Waals surface area contributed by atoms with Gasteiger partial charge in [0, 0.05) is 27.3 Å². The normalized spacial score (nSPS) is 15.6. The first-order chi connectivity index (χ1) is 26.3. The molecular formula is C49H35N3O. The highest BCUT2D eigenvalue weighted by atomic mass is 16.3. The van der Waals surface area contributed by atoms with Crippen molar-refractivity contribution in [2.75, 3.05) is 0 Å². The Kier molecular flexibility index (Phi) is 7.65. The molecule has 1 aromatic heterocycles. The molecule has 10 rings (SSSR count). The number of aliphatic imine (C=N–C) groups is 2. The molecule has 0 fully saturated rings. The second-order valence-corrected chi connectivity index (χ2v) is 13.7. The third kappa shape index (κ3) is 5.65. The Balaban J connectivity index is 1.08. The number of para-hydroxylation sites is 1. The van der Waals surface area contributed by atoms with Gasteiger partial charge in [0.2, 0.25) is 0 Å². The van der Waals surface area contributed by atoms with Gasteiger partial charge in [-0.2, -0.15) is 0 Å². The lowest BCUT2D eigenvalue weighted by molar-refractivity contribution is 0.673. The summed E-state index contributed by atoms with van der Waals surface area (Å²) >= 11 is 0. The van der Waals surface area contributed by atoms with E-state index in [-0.39, 0.29) is 6.17 Å². The maximum atomic E-state index is 6.74. The number of rotatable bonds is 6. The van der Waals surface area contributed by atoms with Gasteiger partial charge in [-0.15, -0.1) is 0 Å². The van der Waals surface area contributed by atoms with Crippen LogP contribution in [-0.2, 0) is 0 Å². The molecule has 0 bridgehead atoms. The van der Waals surface area contributed by atoms with Crippen LogP contribution in [-0.4, -0.2) is 11.7 Å². The van der Waals surface area contributed by atoms with Crippen molar-refractivity contribution in [1.82, 2.24) is 5.32 Å². The molecule has 53 heavy (non-hydrogen) atoms.